The molecule has 0 unspecified atom stereocenters. The molecule has 4 heteroatoms. The summed E-state index contributed by atoms with van der Waals surface area (Å²) in [4.78, 5) is 14.3. The quantitative estimate of drug-likeness (QED) is 0.698. The number of halogens is 1. The first-order valence-electron chi connectivity index (χ1n) is 7.20. The van der Waals surface area contributed by atoms with Crippen molar-refractivity contribution < 1.29 is 4.79 Å². The highest BCUT2D eigenvalue weighted by Crippen LogP contribution is 2.15. The minimum absolute atomic E-state index is 0.150. The highest BCUT2D eigenvalue weighted by molar-refractivity contribution is 9.10. The molecule has 0 saturated heterocycles. The predicted molar refractivity (Wildman–Crippen MR) is 92.6 cm³/mol. The van der Waals surface area contributed by atoms with Gasteiger partial charge in [0.15, 0.2) is 0 Å². The number of carbonyl (C=O) groups is 1. The highest BCUT2D eigenvalue weighted by Gasteiger charge is 2.03. The molecule has 2 nitrogen and oxygen atoms in total. The van der Waals surface area contributed by atoms with Crippen molar-refractivity contribution in [2.24, 2.45) is 0 Å². The summed E-state index contributed by atoms with van der Waals surface area (Å²) in [5.74, 6) is 0.150. The van der Waals surface area contributed by atoms with Gasteiger partial charge >= 0.3 is 0 Å². The second-order valence-electron chi connectivity index (χ2n) is 5.12. The fourth-order valence-corrected chi connectivity index (χ4v) is 3.21. The third-order valence-electron chi connectivity index (χ3n) is 3.29. The van der Waals surface area contributed by atoms with Gasteiger partial charge in [0.05, 0.1) is 6.54 Å². The van der Waals surface area contributed by atoms with E-state index in [2.05, 4.69) is 64.6 Å². The van der Waals surface area contributed by atoms with Crippen LogP contribution in [0, 0.1) is 6.92 Å². The number of hydrogen-bond donors (Lipinski definition) is 1. The van der Waals surface area contributed by atoms with Gasteiger partial charge in [0.1, 0.15) is 0 Å². The topological polar surface area (TPSA) is 29.1 Å². The SMILES string of the molecule is Cc1ccc(CNC(=O)CCCCc2ccc(Br)cc2)s1. The minimum atomic E-state index is 0.150. The average molecular weight is 366 g/mol. The van der Waals surface area contributed by atoms with Crippen LogP contribution in [0.3, 0.4) is 0 Å². The highest BCUT2D eigenvalue weighted by atomic mass is 79.9. The van der Waals surface area contributed by atoms with E-state index in [1.54, 1.807) is 11.3 Å². The molecule has 0 saturated carbocycles. The van der Waals surface area contributed by atoms with Gasteiger partial charge in [0, 0.05) is 20.6 Å². The van der Waals surface area contributed by atoms with E-state index in [1.807, 2.05) is 0 Å². The molecule has 0 radical (unpaired) electrons. The first-order valence-corrected chi connectivity index (χ1v) is 8.81. The van der Waals surface area contributed by atoms with Crippen molar-refractivity contribution in [3.8, 4) is 0 Å². The van der Waals surface area contributed by atoms with Gasteiger partial charge < -0.3 is 5.32 Å². The maximum Gasteiger partial charge on any atom is 0.220 e. The smallest absolute Gasteiger partial charge is 0.220 e. The van der Waals surface area contributed by atoms with E-state index in [4.69, 9.17) is 0 Å². The van der Waals surface area contributed by atoms with Gasteiger partial charge in [0.25, 0.3) is 0 Å². The van der Waals surface area contributed by atoms with Gasteiger partial charge in [-0.15, -0.1) is 11.3 Å². The van der Waals surface area contributed by atoms with Crippen LogP contribution in [0.1, 0.15) is 34.6 Å². The van der Waals surface area contributed by atoms with E-state index >= 15 is 0 Å². The number of thiophene rings is 1. The summed E-state index contributed by atoms with van der Waals surface area (Å²) in [6.45, 7) is 2.74. The number of unbranched alkanes of at least 4 members (excludes halogenated alkanes) is 1. The number of amides is 1. The zero-order valence-electron chi connectivity index (χ0n) is 12.2. The van der Waals surface area contributed by atoms with Crippen molar-refractivity contribution in [1.82, 2.24) is 5.32 Å². The Morgan fingerprint density at radius 3 is 2.57 bits per heavy atom. The van der Waals surface area contributed by atoms with Gasteiger partial charge in [0.2, 0.25) is 5.91 Å². The lowest BCUT2D eigenvalue weighted by Crippen LogP contribution is -2.21. The van der Waals surface area contributed by atoms with Crippen LogP contribution >= 0.6 is 27.3 Å². The summed E-state index contributed by atoms with van der Waals surface area (Å²) in [5, 5.41) is 2.98. The van der Waals surface area contributed by atoms with Crippen LogP contribution in [-0.4, -0.2) is 5.91 Å². The molecular formula is C17H20BrNOS. The molecule has 1 aromatic heterocycles. The molecule has 112 valence electrons. The average Bonchev–Trinajstić information content (AvgIpc) is 2.89. The van der Waals surface area contributed by atoms with Crippen LogP contribution in [0.15, 0.2) is 40.9 Å². The van der Waals surface area contributed by atoms with Crippen LogP contribution in [0.25, 0.3) is 0 Å². The van der Waals surface area contributed by atoms with Crippen LogP contribution in [0.4, 0.5) is 0 Å². The van der Waals surface area contributed by atoms with E-state index in [1.165, 1.54) is 15.3 Å². The molecule has 0 aliphatic rings. The molecule has 2 rings (SSSR count). The van der Waals surface area contributed by atoms with Crippen molar-refractivity contribution >= 4 is 33.2 Å². The van der Waals surface area contributed by atoms with Crippen LogP contribution in [0.2, 0.25) is 0 Å². The number of aryl methyl sites for hydroxylation is 2. The summed E-state index contributed by atoms with van der Waals surface area (Å²) in [5.41, 5.74) is 1.33. The summed E-state index contributed by atoms with van der Waals surface area (Å²) in [6, 6.07) is 12.5. The lowest BCUT2D eigenvalue weighted by atomic mass is 10.1. The van der Waals surface area contributed by atoms with E-state index in [0.717, 1.165) is 23.7 Å². The molecule has 1 N–H and O–H groups in total. The van der Waals surface area contributed by atoms with E-state index in [0.29, 0.717) is 13.0 Å². The number of benzene rings is 1. The van der Waals surface area contributed by atoms with Gasteiger partial charge in [-0.3, -0.25) is 4.79 Å². The fourth-order valence-electron chi connectivity index (χ4n) is 2.12. The molecule has 1 aromatic carbocycles. The Morgan fingerprint density at radius 1 is 1.14 bits per heavy atom. The van der Waals surface area contributed by atoms with Gasteiger partial charge in [-0.25, -0.2) is 0 Å². The van der Waals surface area contributed by atoms with Crippen LogP contribution in [-0.2, 0) is 17.8 Å². The number of carbonyl (C=O) groups excluding carboxylic acids is 1. The molecule has 0 atom stereocenters. The van der Waals surface area contributed by atoms with Gasteiger partial charge in [-0.2, -0.15) is 0 Å². The lowest BCUT2D eigenvalue weighted by molar-refractivity contribution is -0.121. The standard InChI is InChI=1S/C17H20BrNOS/c1-13-6-11-16(21-13)12-19-17(20)5-3-2-4-14-7-9-15(18)10-8-14/h6-11H,2-5,12H2,1H3,(H,19,20). The Morgan fingerprint density at radius 2 is 1.90 bits per heavy atom. The summed E-state index contributed by atoms with van der Waals surface area (Å²) >= 11 is 5.17. The maximum atomic E-state index is 11.8. The molecule has 21 heavy (non-hydrogen) atoms. The molecule has 1 heterocycles. The van der Waals surface area contributed by atoms with Crippen molar-refractivity contribution in [3.63, 3.8) is 0 Å². The van der Waals surface area contributed by atoms with E-state index < -0.39 is 0 Å². The summed E-state index contributed by atoms with van der Waals surface area (Å²) < 4.78 is 1.11. The molecule has 0 aliphatic heterocycles. The zero-order chi connectivity index (χ0) is 15.1. The Hall–Kier alpha value is -1.13. The molecule has 0 bridgehead atoms. The van der Waals surface area contributed by atoms with Crippen molar-refractivity contribution in [2.75, 3.05) is 0 Å². The Kier molecular flexibility index (Phi) is 6.46. The molecule has 0 aliphatic carbocycles. The fraction of sp³-hybridized carbons (Fsp3) is 0.353. The Bertz CT molecular complexity index is 577. The number of nitrogens with one attached hydrogen (secondary N) is 1. The van der Waals surface area contributed by atoms with Crippen molar-refractivity contribution in [2.45, 2.75) is 39.2 Å². The van der Waals surface area contributed by atoms with E-state index in [-0.39, 0.29) is 5.91 Å². The minimum Gasteiger partial charge on any atom is -0.351 e. The van der Waals surface area contributed by atoms with E-state index in [9.17, 15) is 4.79 Å². The molecule has 1 amide bonds. The number of rotatable bonds is 7. The third-order valence-corrected chi connectivity index (χ3v) is 4.82. The first kappa shape index (κ1) is 16.2. The normalized spacial score (nSPS) is 10.6. The summed E-state index contributed by atoms with van der Waals surface area (Å²) in [7, 11) is 0. The molecule has 0 fully saturated rings. The predicted octanol–water partition coefficient (Wildman–Crippen LogP) is 4.85. The molecule has 0 spiro atoms. The maximum absolute atomic E-state index is 11.8. The Labute approximate surface area is 138 Å². The lowest BCUT2D eigenvalue weighted by Gasteiger charge is -2.04. The monoisotopic (exact) mass is 365 g/mol. The number of hydrogen-bond acceptors (Lipinski definition) is 2. The third kappa shape index (κ3) is 6.02. The van der Waals surface area contributed by atoms with Gasteiger partial charge in [-0.1, -0.05) is 28.1 Å². The second-order valence-corrected chi connectivity index (χ2v) is 7.41. The first-order chi connectivity index (χ1) is 10.1. The van der Waals surface area contributed by atoms with Crippen molar-refractivity contribution in [1.29, 1.82) is 0 Å². The van der Waals surface area contributed by atoms with Gasteiger partial charge in [-0.05, 0) is 56.0 Å². The zero-order valence-corrected chi connectivity index (χ0v) is 14.6. The molecule has 2 aromatic rings. The van der Waals surface area contributed by atoms with Crippen molar-refractivity contribution in [3.05, 3.63) is 56.2 Å². The summed E-state index contributed by atoms with van der Waals surface area (Å²) in [6.07, 6.45) is 3.63. The second kappa shape index (κ2) is 8.35. The molecular weight excluding hydrogens is 346 g/mol. The van der Waals surface area contributed by atoms with Crippen LogP contribution < -0.4 is 5.32 Å². The Balaban J connectivity index is 1.59. The largest absolute Gasteiger partial charge is 0.351 e. The van der Waals surface area contributed by atoms with Crippen LogP contribution in [0.5, 0.6) is 0 Å².